The molecule has 0 unspecified atom stereocenters. The van der Waals surface area contributed by atoms with Crippen molar-refractivity contribution in [2.24, 2.45) is 0 Å². The Hall–Kier alpha value is -0.0800. The van der Waals surface area contributed by atoms with Gasteiger partial charge in [0.25, 0.3) is 0 Å². The van der Waals surface area contributed by atoms with Crippen molar-refractivity contribution in [1.82, 2.24) is 10.2 Å². The molecule has 1 fully saturated rings. The molecule has 1 aliphatic carbocycles. The molecule has 0 atom stereocenters. The van der Waals surface area contributed by atoms with Crippen molar-refractivity contribution >= 4 is 0 Å². The highest BCUT2D eigenvalue weighted by Crippen LogP contribution is 2.16. The van der Waals surface area contributed by atoms with Crippen LogP contribution in [0.1, 0.15) is 51.9 Å². The molecule has 0 spiro atoms. The lowest BCUT2D eigenvalue weighted by Crippen LogP contribution is -2.36. The van der Waals surface area contributed by atoms with E-state index in [4.69, 9.17) is 0 Å². The third kappa shape index (κ3) is 6.16. The molecule has 90 valence electrons. The van der Waals surface area contributed by atoms with Gasteiger partial charge in [-0.25, -0.2) is 0 Å². The quantitative estimate of drug-likeness (QED) is 0.753. The first-order chi connectivity index (χ1) is 7.33. The second kappa shape index (κ2) is 8.12. The van der Waals surface area contributed by atoms with E-state index in [2.05, 4.69) is 24.2 Å². The average Bonchev–Trinajstić information content (AvgIpc) is 2.20. The van der Waals surface area contributed by atoms with E-state index in [1.807, 2.05) is 0 Å². The number of hydrogen-bond acceptors (Lipinski definition) is 2. The Kier molecular flexibility index (Phi) is 7.03. The van der Waals surface area contributed by atoms with Crippen LogP contribution < -0.4 is 5.32 Å². The Balaban J connectivity index is 2.07. The molecule has 0 aromatic rings. The Morgan fingerprint density at radius 3 is 2.27 bits per heavy atom. The van der Waals surface area contributed by atoms with Crippen LogP contribution >= 0.6 is 0 Å². The molecule has 1 saturated carbocycles. The number of hydrogen-bond donors (Lipinski definition) is 1. The van der Waals surface area contributed by atoms with Crippen LogP contribution in [0.4, 0.5) is 0 Å². The number of rotatable bonds is 5. The van der Waals surface area contributed by atoms with Crippen molar-refractivity contribution in [2.75, 3.05) is 26.7 Å². The van der Waals surface area contributed by atoms with Crippen LogP contribution in [0.3, 0.4) is 0 Å². The zero-order valence-electron chi connectivity index (χ0n) is 10.6. The van der Waals surface area contributed by atoms with Crippen LogP contribution in [0, 0.1) is 0 Å². The fraction of sp³-hybridized carbons (Fsp3) is 1.00. The largest absolute Gasteiger partial charge is 0.313 e. The smallest absolute Gasteiger partial charge is 0.0104 e. The Labute approximate surface area is 95.4 Å². The van der Waals surface area contributed by atoms with Gasteiger partial charge in [-0.2, -0.15) is 0 Å². The van der Waals surface area contributed by atoms with Crippen molar-refractivity contribution in [3.63, 3.8) is 0 Å². The van der Waals surface area contributed by atoms with Gasteiger partial charge in [0.15, 0.2) is 0 Å². The lowest BCUT2D eigenvalue weighted by atomic mass is 9.97. The second-order valence-corrected chi connectivity index (χ2v) is 4.89. The number of nitrogens with one attached hydrogen (secondary N) is 1. The van der Waals surface area contributed by atoms with Gasteiger partial charge in [0.1, 0.15) is 0 Å². The molecule has 0 bridgehead atoms. The van der Waals surface area contributed by atoms with Crippen molar-refractivity contribution < 1.29 is 0 Å². The summed E-state index contributed by atoms with van der Waals surface area (Å²) in [4.78, 5) is 2.37. The Bertz CT molecular complexity index is 139. The summed E-state index contributed by atoms with van der Waals surface area (Å²) in [5.74, 6) is 0. The van der Waals surface area contributed by atoms with Gasteiger partial charge < -0.3 is 10.2 Å². The van der Waals surface area contributed by atoms with E-state index in [0.29, 0.717) is 0 Å². The fourth-order valence-electron chi connectivity index (χ4n) is 2.28. The predicted molar refractivity (Wildman–Crippen MR) is 67.3 cm³/mol. The maximum Gasteiger partial charge on any atom is 0.0104 e. The molecule has 1 N–H and O–H groups in total. The maximum absolute atomic E-state index is 3.71. The molecular formula is C13H28N2. The van der Waals surface area contributed by atoms with E-state index in [9.17, 15) is 0 Å². The third-order valence-electron chi connectivity index (χ3n) is 3.57. The molecule has 15 heavy (non-hydrogen) atoms. The molecule has 0 radical (unpaired) electrons. The van der Waals surface area contributed by atoms with Gasteiger partial charge >= 0.3 is 0 Å². The normalized spacial score (nSPS) is 20.2. The van der Waals surface area contributed by atoms with Gasteiger partial charge in [0.2, 0.25) is 0 Å². The van der Waals surface area contributed by atoms with Crippen LogP contribution in [0.2, 0.25) is 0 Å². The Morgan fingerprint density at radius 1 is 1.07 bits per heavy atom. The topological polar surface area (TPSA) is 15.3 Å². The second-order valence-electron chi connectivity index (χ2n) is 4.89. The maximum atomic E-state index is 3.71. The highest BCUT2D eigenvalue weighted by Gasteiger charge is 2.10. The summed E-state index contributed by atoms with van der Waals surface area (Å²) in [6.45, 7) is 5.73. The SMILES string of the molecule is CCN(C)CCNC1CCCCCCC1. The van der Waals surface area contributed by atoms with Crippen molar-refractivity contribution in [2.45, 2.75) is 57.9 Å². The summed E-state index contributed by atoms with van der Waals surface area (Å²) in [6.07, 6.45) is 10.0. The summed E-state index contributed by atoms with van der Waals surface area (Å²) in [7, 11) is 2.19. The van der Waals surface area contributed by atoms with Gasteiger partial charge in [-0.3, -0.25) is 0 Å². The molecule has 1 aliphatic rings. The summed E-state index contributed by atoms with van der Waals surface area (Å²) in [5.41, 5.74) is 0. The predicted octanol–water partition coefficient (Wildman–Crippen LogP) is 2.64. The molecule has 0 aromatic carbocycles. The first-order valence-electron chi connectivity index (χ1n) is 6.75. The van der Waals surface area contributed by atoms with E-state index >= 15 is 0 Å². The Morgan fingerprint density at radius 2 is 1.67 bits per heavy atom. The standard InChI is InChI=1S/C13H28N2/c1-3-15(2)12-11-14-13-9-7-5-4-6-8-10-13/h13-14H,3-12H2,1-2H3. The highest BCUT2D eigenvalue weighted by molar-refractivity contribution is 4.70. The van der Waals surface area contributed by atoms with Gasteiger partial charge in [-0.1, -0.05) is 39.0 Å². The highest BCUT2D eigenvalue weighted by atomic mass is 15.1. The van der Waals surface area contributed by atoms with E-state index < -0.39 is 0 Å². The van der Waals surface area contributed by atoms with Crippen LogP contribution in [0.15, 0.2) is 0 Å². The van der Waals surface area contributed by atoms with Gasteiger partial charge in [0, 0.05) is 19.1 Å². The number of nitrogens with zero attached hydrogens (tertiary/aromatic N) is 1. The molecule has 2 nitrogen and oxygen atoms in total. The van der Waals surface area contributed by atoms with Crippen molar-refractivity contribution in [3.05, 3.63) is 0 Å². The van der Waals surface area contributed by atoms with Crippen molar-refractivity contribution in [3.8, 4) is 0 Å². The molecule has 0 amide bonds. The molecule has 0 aromatic heterocycles. The lowest BCUT2D eigenvalue weighted by molar-refractivity contribution is 0.323. The van der Waals surface area contributed by atoms with E-state index in [1.165, 1.54) is 51.5 Å². The van der Waals surface area contributed by atoms with Gasteiger partial charge in [-0.05, 0) is 26.4 Å². The zero-order chi connectivity index (χ0) is 10.9. The molecule has 0 saturated heterocycles. The van der Waals surface area contributed by atoms with E-state index in [-0.39, 0.29) is 0 Å². The minimum Gasteiger partial charge on any atom is -0.313 e. The van der Waals surface area contributed by atoms with Gasteiger partial charge in [-0.15, -0.1) is 0 Å². The zero-order valence-corrected chi connectivity index (χ0v) is 10.6. The molecule has 2 heteroatoms. The molecule has 0 aliphatic heterocycles. The van der Waals surface area contributed by atoms with Crippen LogP contribution in [-0.2, 0) is 0 Å². The molecule has 1 rings (SSSR count). The first-order valence-corrected chi connectivity index (χ1v) is 6.75. The average molecular weight is 212 g/mol. The summed E-state index contributed by atoms with van der Waals surface area (Å²) < 4.78 is 0. The van der Waals surface area contributed by atoms with E-state index in [0.717, 1.165) is 19.1 Å². The van der Waals surface area contributed by atoms with Crippen LogP contribution in [0.5, 0.6) is 0 Å². The van der Waals surface area contributed by atoms with E-state index in [1.54, 1.807) is 0 Å². The first kappa shape index (κ1) is 13.0. The summed E-state index contributed by atoms with van der Waals surface area (Å²) >= 11 is 0. The molecular weight excluding hydrogens is 184 g/mol. The minimum absolute atomic E-state index is 0.801. The monoisotopic (exact) mass is 212 g/mol. The van der Waals surface area contributed by atoms with Crippen molar-refractivity contribution in [1.29, 1.82) is 0 Å². The summed E-state index contributed by atoms with van der Waals surface area (Å²) in [5, 5.41) is 3.71. The molecule has 0 heterocycles. The lowest BCUT2D eigenvalue weighted by Gasteiger charge is -2.22. The van der Waals surface area contributed by atoms with Crippen LogP contribution in [0.25, 0.3) is 0 Å². The minimum atomic E-state index is 0.801. The number of likely N-dealkylation sites (N-methyl/N-ethyl adjacent to an activating group) is 1. The van der Waals surface area contributed by atoms with Crippen LogP contribution in [-0.4, -0.2) is 37.6 Å². The summed E-state index contributed by atoms with van der Waals surface area (Å²) in [6, 6.07) is 0.801. The fourth-order valence-corrected chi connectivity index (χ4v) is 2.28. The third-order valence-corrected chi connectivity index (χ3v) is 3.57. The van der Waals surface area contributed by atoms with Gasteiger partial charge in [0.05, 0.1) is 0 Å².